The van der Waals surface area contributed by atoms with Crippen molar-refractivity contribution in [3.8, 4) is 0 Å². The maximum absolute atomic E-state index is 12.0. The number of amides is 1. The van der Waals surface area contributed by atoms with Crippen LogP contribution in [0, 0.1) is 0 Å². The lowest BCUT2D eigenvalue weighted by atomic mass is 10.0. The van der Waals surface area contributed by atoms with Crippen LogP contribution in [-0.4, -0.2) is 63.1 Å². The van der Waals surface area contributed by atoms with E-state index in [9.17, 15) is 4.79 Å². The van der Waals surface area contributed by atoms with Crippen molar-refractivity contribution >= 4 is 41.5 Å². The highest BCUT2D eigenvalue weighted by Gasteiger charge is 2.20. The average molecular weight is 535 g/mol. The summed E-state index contributed by atoms with van der Waals surface area (Å²) < 4.78 is 0. The van der Waals surface area contributed by atoms with Crippen molar-refractivity contribution in [2.45, 2.75) is 25.3 Å². The first-order valence-electron chi connectivity index (χ1n) is 10.7. The van der Waals surface area contributed by atoms with Crippen LogP contribution in [0.5, 0.6) is 0 Å². The second kappa shape index (κ2) is 13.2. The van der Waals surface area contributed by atoms with Gasteiger partial charge in [-0.2, -0.15) is 0 Å². The Morgan fingerprint density at radius 1 is 1.03 bits per heavy atom. The fraction of sp³-hybridized carbons (Fsp3) is 0.417. The van der Waals surface area contributed by atoms with E-state index in [1.54, 1.807) is 19.0 Å². The van der Waals surface area contributed by atoms with Crippen molar-refractivity contribution in [2.75, 3.05) is 45.2 Å². The minimum absolute atomic E-state index is 0. The van der Waals surface area contributed by atoms with Crippen molar-refractivity contribution in [1.29, 1.82) is 0 Å². The zero-order valence-electron chi connectivity index (χ0n) is 18.5. The molecule has 1 amide bonds. The van der Waals surface area contributed by atoms with E-state index in [-0.39, 0.29) is 36.4 Å². The number of benzene rings is 2. The minimum Gasteiger partial charge on any atom is -0.371 e. The number of anilines is 1. The molecular weight excluding hydrogens is 501 g/mol. The van der Waals surface area contributed by atoms with Gasteiger partial charge in [0.2, 0.25) is 5.91 Å². The zero-order chi connectivity index (χ0) is 21.2. The van der Waals surface area contributed by atoms with E-state index in [1.165, 1.54) is 11.3 Å². The van der Waals surface area contributed by atoms with E-state index < -0.39 is 0 Å². The van der Waals surface area contributed by atoms with Gasteiger partial charge in [0.25, 0.3) is 0 Å². The Hall–Kier alpha value is -2.29. The number of nitrogens with zero attached hydrogens (tertiary/aromatic N) is 3. The van der Waals surface area contributed by atoms with Crippen LogP contribution in [0.2, 0.25) is 0 Å². The summed E-state index contributed by atoms with van der Waals surface area (Å²) in [6, 6.07) is 21.3. The van der Waals surface area contributed by atoms with Crippen LogP contribution in [0.4, 0.5) is 5.69 Å². The van der Waals surface area contributed by atoms with Crippen LogP contribution < -0.4 is 15.5 Å². The number of rotatable bonds is 7. The monoisotopic (exact) mass is 535 g/mol. The summed E-state index contributed by atoms with van der Waals surface area (Å²) in [6.07, 6.45) is 2.99. The van der Waals surface area contributed by atoms with E-state index in [1.807, 2.05) is 6.07 Å². The average Bonchev–Trinajstić information content (AvgIpc) is 2.79. The number of para-hydroxylation sites is 1. The summed E-state index contributed by atoms with van der Waals surface area (Å²) in [5.41, 5.74) is 2.56. The van der Waals surface area contributed by atoms with Crippen LogP contribution in [-0.2, 0) is 11.2 Å². The second-order valence-electron chi connectivity index (χ2n) is 7.86. The molecule has 1 heterocycles. The van der Waals surface area contributed by atoms with Crippen LogP contribution in [0.3, 0.4) is 0 Å². The lowest BCUT2D eigenvalue weighted by molar-refractivity contribution is -0.127. The van der Waals surface area contributed by atoms with E-state index in [0.29, 0.717) is 6.04 Å². The van der Waals surface area contributed by atoms with Gasteiger partial charge >= 0.3 is 0 Å². The fourth-order valence-electron chi connectivity index (χ4n) is 3.52. The maximum atomic E-state index is 12.0. The molecular formula is C24H34IN5O. The Balaban J connectivity index is 0.00000341. The van der Waals surface area contributed by atoms with Crippen molar-refractivity contribution in [3.63, 3.8) is 0 Å². The van der Waals surface area contributed by atoms with Crippen LogP contribution in [0.15, 0.2) is 65.7 Å². The second-order valence-corrected chi connectivity index (χ2v) is 7.86. The number of likely N-dealkylation sites (N-methyl/N-ethyl adjacent to an activating group) is 1. The molecule has 7 heteroatoms. The number of hydrogen-bond acceptors (Lipinski definition) is 3. The van der Waals surface area contributed by atoms with Gasteiger partial charge in [0, 0.05) is 45.5 Å². The summed E-state index contributed by atoms with van der Waals surface area (Å²) in [4.78, 5) is 20.5. The molecule has 31 heavy (non-hydrogen) atoms. The Kier molecular flexibility index (Phi) is 10.6. The number of halogens is 1. The lowest BCUT2D eigenvalue weighted by Crippen LogP contribution is -2.49. The van der Waals surface area contributed by atoms with E-state index in [0.717, 1.165) is 44.9 Å². The Labute approximate surface area is 203 Å². The molecule has 0 aromatic heterocycles. The molecule has 1 fully saturated rings. The van der Waals surface area contributed by atoms with Gasteiger partial charge in [-0.15, -0.1) is 24.0 Å². The van der Waals surface area contributed by atoms with Crippen molar-refractivity contribution in [2.24, 2.45) is 4.99 Å². The quantitative estimate of drug-likeness (QED) is 0.325. The molecule has 0 unspecified atom stereocenters. The molecule has 0 radical (unpaired) electrons. The molecule has 168 valence electrons. The van der Waals surface area contributed by atoms with E-state index in [2.05, 4.69) is 75.1 Å². The molecule has 0 atom stereocenters. The molecule has 2 aromatic rings. The minimum atomic E-state index is -0.00180. The molecule has 6 nitrogen and oxygen atoms in total. The van der Waals surface area contributed by atoms with Gasteiger partial charge in [-0.1, -0.05) is 48.5 Å². The Morgan fingerprint density at radius 3 is 2.26 bits per heavy atom. The molecule has 1 saturated heterocycles. The number of nitrogens with one attached hydrogen (secondary N) is 2. The normalized spacial score (nSPS) is 14.5. The molecule has 2 N–H and O–H groups in total. The standard InChI is InChI=1S/C24H33N5O.HI/c1-28(2)23(30)19-26-24(25-16-13-20-9-5-3-6-10-20)27-21-14-17-29(18-15-21)22-11-7-4-8-12-22;/h3-12,21H,13-19H2,1-2H3,(H2,25,26,27);1H. The third kappa shape index (κ3) is 8.40. The highest BCUT2D eigenvalue weighted by Crippen LogP contribution is 2.19. The summed E-state index contributed by atoms with van der Waals surface area (Å²) in [6.45, 7) is 2.94. The van der Waals surface area contributed by atoms with Crippen molar-refractivity contribution in [1.82, 2.24) is 15.5 Å². The molecule has 0 aliphatic carbocycles. The van der Waals surface area contributed by atoms with Gasteiger partial charge in [-0.05, 0) is 37.0 Å². The van der Waals surface area contributed by atoms with Gasteiger partial charge in [-0.3, -0.25) is 4.79 Å². The third-order valence-corrected chi connectivity index (χ3v) is 5.38. The van der Waals surface area contributed by atoms with Gasteiger partial charge in [0.15, 0.2) is 5.96 Å². The predicted octanol–water partition coefficient (Wildman–Crippen LogP) is 3.14. The number of aliphatic imine (C=N–C) groups is 1. The lowest BCUT2D eigenvalue weighted by Gasteiger charge is -2.34. The number of carbonyl (C=O) groups excluding carboxylic acids is 1. The number of piperidine rings is 1. The predicted molar refractivity (Wildman–Crippen MR) is 139 cm³/mol. The smallest absolute Gasteiger partial charge is 0.243 e. The van der Waals surface area contributed by atoms with E-state index in [4.69, 9.17) is 0 Å². The number of guanidine groups is 1. The molecule has 2 aromatic carbocycles. The fourth-order valence-corrected chi connectivity index (χ4v) is 3.52. The number of carbonyl (C=O) groups is 1. The van der Waals surface area contributed by atoms with Gasteiger partial charge in [0.05, 0.1) is 0 Å². The molecule has 3 rings (SSSR count). The van der Waals surface area contributed by atoms with Crippen LogP contribution >= 0.6 is 24.0 Å². The highest BCUT2D eigenvalue weighted by atomic mass is 127. The summed E-state index contributed by atoms with van der Waals surface area (Å²) in [5, 5.41) is 6.96. The van der Waals surface area contributed by atoms with Gasteiger partial charge < -0.3 is 20.4 Å². The van der Waals surface area contributed by atoms with Crippen molar-refractivity contribution < 1.29 is 4.79 Å². The first kappa shape index (κ1) is 25.0. The molecule has 0 bridgehead atoms. The Bertz CT molecular complexity index is 805. The summed E-state index contributed by atoms with van der Waals surface area (Å²) >= 11 is 0. The van der Waals surface area contributed by atoms with Gasteiger partial charge in [-0.25, -0.2) is 4.99 Å². The molecule has 1 aliphatic heterocycles. The van der Waals surface area contributed by atoms with Crippen LogP contribution in [0.25, 0.3) is 0 Å². The third-order valence-electron chi connectivity index (χ3n) is 5.38. The topological polar surface area (TPSA) is 60.0 Å². The molecule has 1 aliphatic rings. The summed E-state index contributed by atoms with van der Waals surface area (Å²) in [7, 11) is 3.51. The largest absolute Gasteiger partial charge is 0.371 e. The molecule has 0 saturated carbocycles. The SMILES string of the molecule is CN(C)C(=O)CN=C(NCCc1ccccc1)NC1CCN(c2ccccc2)CC1.I. The first-order chi connectivity index (χ1) is 14.6. The maximum Gasteiger partial charge on any atom is 0.243 e. The van der Waals surface area contributed by atoms with E-state index >= 15 is 0 Å². The highest BCUT2D eigenvalue weighted by molar-refractivity contribution is 14.0. The zero-order valence-corrected chi connectivity index (χ0v) is 20.8. The molecule has 0 spiro atoms. The Morgan fingerprint density at radius 2 is 1.65 bits per heavy atom. The van der Waals surface area contributed by atoms with Crippen LogP contribution in [0.1, 0.15) is 18.4 Å². The van der Waals surface area contributed by atoms with Gasteiger partial charge in [0.1, 0.15) is 6.54 Å². The first-order valence-corrected chi connectivity index (χ1v) is 10.7. The number of hydrogen-bond donors (Lipinski definition) is 2. The summed E-state index contributed by atoms with van der Waals surface area (Å²) in [5.74, 6) is 0.720. The van der Waals surface area contributed by atoms with Crippen molar-refractivity contribution in [3.05, 3.63) is 66.2 Å².